The Morgan fingerprint density at radius 3 is 2.20 bits per heavy atom. The molecule has 6 nitrogen and oxygen atoms in total. The van der Waals surface area contributed by atoms with Gasteiger partial charge in [-0.15, -0.1) is 0 Å². The normalized spacial score (nSPS) is 11.1. The van der Waals surface area contributed by atoms with Gasteiger partial charge in [0.05, 0.1) is 17.7 Å². The van der Waals surface area contributed by atoms with E-state index in [-0.39, 0.29) is 10.8 Å². The molecule has 0 bridgehead atoms. The lowest BCUT2D eigenvalue weighted by Crippen LogP contribution is -2.27. The van der Waals surface area contributed by atoms with Crippen LogP contribution in [0.2, 0.25) is 0 Å². The fourth-order valence-electron chi connectivity index (χ4n) is 2.51. The van der Waals surface area contributed by atoms with Gasteiger partial charge in [0.15, 0.2) is 0 Å². The van der Waals surface area contributed by atoms with Gasteiger partial charge in [-0.05, 0) is 61.4 Å². The molecule has 0 atom stereocenters. The van der Waals surface area contributed by atoms with Gasteiger partial charge in [-0.1, -0.05) is 0 Å². The van der Waals surface area contributed by atoms with Gasteiger partial charge in [0.25, 0.3) is 10.0 Å². The summed E-state index contributed by atoms with van der Waals surface area (Å²) in [5, 5.41) is 2.65. The molecular formula is C18H22N2O4S. The van der Waals surface area contributed by atoms with Gasteiger partial charge in [-0.2, -0.15) is 0 Å². The summed E-state index contributed by atoms with van der Waals surface area (Å²) in [6.07, 6.45) is 0. The molecule has 2 rings (SSSR count). The molecule has 0 fully saturated rings. The zero-order valence-electron chi connectivity index (χ0n) is 15.0. The summed E-state index contributed by atoms with van der Waals surface area (Å²) < 4.78 is 32.4. The second-order valence-corrected chi connectivity index (χ2v) is 7.73. The summed E-state index contributed by atoms with van der Waals surface area (Å²) >= 11 is 0. The van der Waals surface area contributed by atoms with Crippen molar-refractivity contribution in [2.45, 2.75) is 25.7 Å². The van der Waals surface area contributed by atoms with Crippen molar-refractivity contribution >= 4 is 27.3 Å². The van der Waals surface area contributed by atoms with Gasteiger partial charge in [0.2, 0.25) is 5.91 Å². The number of anilines is 2. The molecule has 0 aromatic heterocycles. The first-order valence-electron chi connectivity index (χ1n) is 7.68. The first-order valence-corrected chi connectivity index (χ1v) is 9.12. The highest BCUT2D eigenvalue weighted by atomic mass is 32.2. The van der Waals surface area contributed by atoms with Crippen LogP contribution in [0.4, 0.5) is 11.4 Å². The molecule has 25 heavy (non-hydrogen) atoms. The molecule has 0 aliphatic rings. The first-order chi connectivity index (χ1) is 11.7. The van der Waals surface area contributed by atoms with Crippen LogP contribution in [0.3, 0.4) is 0 Å². The van der Waals surface area contributed by atoms with Crippen LogP contribution < -0.4 is 14.4 Å². The standard InChI is InChI=1S/C18H22N2O4S/c1-12-11-18(13(2)10-17(12)24-5)25(22,23)20(4)16-8-6-15(7-9-16)19-14(3)21/h6-11H,1-5H3,(H,19,21). The van der Waals surface area contributed by atoms with Gasteiger partial charge < -0.3 is 10.1 Å². The molecule has 0 radical (unpaired) electrons. The fourth-order valence-corrected chi connectivity index (χ4v) is 3.99. The van der Waals surface area contributed by atoms with E-state index in [0.717, 1.165) is 5.56 Å². The molecule has 0 saturated heterocycles. The van der Waals surface area contributed by atoms with Crippen molar-refractivity contribution < 1.29 is 17.9 Å². The molecule has 0 aliphatic carbocycles. The summed E-state index contributed by atoms with van der Waals surface area (Å²) in [5.74, 6) is 0.469. The number of hydrogen-bond acceptors (Lipinski definition) is 4. The SMILES string of the molecule is COc1cc(C)c(S(=O)(=O)N(C)c2ccc(NC(C)=O)cc2)cc1C. The maximum absolute atomic E-state index is 13.0. The lowest BCUT2D eigenvalue weighted by atomic mass is 10.1. The van der Waals surface area contributed by atoms with Crippen molar-refractivity contribution in [3.63, 3.8) is 0 Å². The third kappa shape index (κ3) is 3.93. The third-order valence-electron chi connectivity index (χ3n) is 3.88. The maximum Gasteiger partial charge on any atom is 0.264 e. The topological polar surface area (TPSA) is 75.7 Å². The Hall–Kier alpha value is -2.54. The zero-order chi connectivity index (χ0) is 18.8. The predicted molar refractivity (Wildman–Crippen MR) is 98.8 cm³/mol. The van der Waals surface area contributed by atoms with Gasteiger partial charge in [-0.3, -0.25) is 9.10 Å². The number of ether oxygens (including phenoxy) is 1. The summed E-state index contributed by atoms with van der Waals surface area (Å²) in [5.41, 5.74) is 2.48. The highest BCUT2D eigenvalue weighted by molar-refractivity contribution is 7.92. The minimum absolute atomic E-state index is 0.182. The monoisotopic (exact) mass is 362 g/mol. The number of benzene rings is 2. The fraction of sp³-hybridized carbons (Fsp3) is 0.278. The quantitative estimate of drug-likeness (QED) is 0.887. The summed E-state index contributed by atoms with van der Waals surface area (Å²) in [6, 6.07) is 9.95. The van der Waals surface area contributed by atoms with Crippen molar-refractivity contribution in [1.29, 1.82) is 0 Å². The number of methoxy groups -OCH3 is 1. The molecule has 0 saturated carbocycles. The van der Waals surface area contributed by atoms with Crippen molar-refractivity contribution in [3.8, 4) is 5.75 Å². The summed E-state index contributed by atoms with van der Waals surface area (Å²) in [7, 11) is -0.660. The molecule has 2 aromatic carbocycles. The highest BCUT2D eigenvalue weighted by Gasteiger charge is 2.24. The second kappa shape index (κ2) is 7.14. The Morgan fingerprint density at radius 2 is 1.68 bits per heavy atom. The number of rotatable bonds is 5. The molecule has 0 spiro atoms. The van der Waals surface area contributed by atoms with Crippen LogP contribution in [-0.2, 0) is 14.8 Å². The number of nitrogens with zero attached hydrogens (tertiary/aromatic N) is 1. The van der Waals surface area contributed by atoms with Crippen LogP contribution in [0.25, 0.3) is 0 Å². The second-order valence-electron chi connectivity index (χ2n) is 5.79. The number of carbonyl (C=O) groups is 1. The van der Waals surface area contributed by atoms with Gasteiger partial charge in [-0.25, -0.2) is 8.42 Å². The van der Waals surface area contributed by atoms with Crippen molar-refractivity contribution in [2.75, 3.05) is 23.8 Å². The zero-order valence-corrected chi connectivity index (χ0v) is 15.8. The Kier molecular flexibility index (Phi) is 5.37. The molecule has 1 amide bonds. The summed E-state index contributed by atoms with van der Waals surface area (Å²) in [4.78, 5) is 11.3. The molecule has 0 heterocycles. The Morgan fingerprint density at radius 1 is 1.08 bits per heavy atom. The third-order valence-corrected chi connectivity index (χ3v) is 5.81. The van der Waals surface area contributed by atoms with E-state index in [4.69, 9.17) is 4.74 Å². The van der Waals surface area contributed by atoms with E-state index in [1.165, 1.54) is 18.3 Å². The molecule has 0 unspecified atom stereocenters. The lowest BCUT2D eigenvalue weighted by molar-refractivity contribution is -0.114. The largest absolute Gasteiger partial charge is 0.496 e. The minimum Gasteiger partial charge on any atom is -0.496 e. The number of aryl methyl sites for hydroxylation is 2. The van der Waals surface area contributed by atoms with E-state index in [1.807, 2.05) is 0 Å². The highest BCUT2D eigenvalue weighted by Crippen LogP contribution is 2.29. The number of hydrogen-bond donors (Lipinski definition) is 1. The molecule has 0 aliphatic heterocycles. The van der Waals surface area contributed by atoms with Gasteiger partial charge in [0.1, 0.15) is 5.75 Å². The van der Waals surface area contributed by atoms with E-state index in [0.29, 0.717) is 22.7 Å². The molecule has 134 valence electrons. The average Bonchev–Trinajstić information content (AvgIpc) is 2.55. The Balaban J connectivity index is 2.39. The minimum atomic E-state index is -3.72. The van der Waals surface area contributed by atoms with Gasteiger partial charge in [0, 0.05) is 19.7 Å². The van der Waals surface area contributed by atoms with Crippen LogP contribution in [0.5, 0.6) is 5.75 Å². The Bertz CT molecular complexity index is 890. The van der Waals surface area contributed by atoms with Crippen molar-refractivity contribution in [2.24, 2.45) is 0 Å². The number of nitrogens with one attached hydrogen (secondary N) is 1. The summed E-state index contributed by atoms with van der Waals surface area (Å²) in [6.45, 7) is 4.96. The predicted octanol–water partition coefficient (Wildman–Crippen LogP) is 3.10. The lowest BCUT2D eigenvalue weighted by Gasteiger charge is -2.22. The smallest absolute Gasteiger partial charge is 0.264 e. The van der Waals surface area contributed by atoms with E-state index < -0.39 is 10.0 Å². The number of sulfonamides is 1. The molecular weight excluding hydrogens is 340 g/mol. The van der Waals surface area contributed by atoms with Crippen molar-refractivity contribution in [1.82, 2.24) is 0 Å². The van der Waals surface area contributed by atoms with E-state index >= 15 is 0 Å². The van der Waals surface area contributed by atoms with Gasteiger partial charge >= 0.3 is 0 Å². The molecule has 2 aromatic rings. The average molecular weight is 362 g/mol. The van der Waals surface area contributed by atoms with Crippen LogP contribution in [-0.4, -0.2) is 28.5 Å². The molecule has 1 N–H and O–H groups in total. The van der Waals surface area contributed by atoms with E-state index in [2.05, 4.69) is 5.32 Å². The maximum atomic E-state index is 13.0. The number of amides is 1. The van der Waals surface area contributed by atoms with E-state index in [9.17, 15) is 13.2 Å². The Labute approximate surface area is 148 Å². The van der Waals surface area contributed by atoms with Crippen LogP contribution in [0.15, 0.2) is 41.3 Å². The van der Waals surface area contributed by atoms with Crippen LogP contribution in [0, 0.1) is 13.8 Å². The van der Waals surface area contributed by atoms with Crippen molar-refractivity contribution in [3.05, 3.63) is 47.5 Å². The molecule has 7 heteroatoms. The van der Waals surface area contributed by atoms with Crippen LogP contribution >= 0.6 is 0 Å². The number of carbonyl (C=O) groups excluding carboxylic acids is 1. The van der Waals surface area contributed by atoms with Crippen LogP contribution in [0.1, 0.15) is 18.1 Å². The first kappa shape index (κ1) is 18.8. The van der Waals surface area contributed by atoms with E-state index in [1.54, 1.807) is 57.4 Å².